The zero-order valence-corrected chi connectivity index (χ0v) is 13.1. The van der Waals surface area contributed by atoms with Gasteiger partial charge in [-0.05, 0) is 6.92 Å². The fraction of sp³-hybridized carbons (Fsp3) is 0.500. The summed E-state index contributed by atoms with van der Waals surface area (Å²) in [5, 5.41) is 6.21. The molecule has 3 rings (SSSR count). The highest BCUT2D eigenvalue weighted by Gasteiger charge is 2.28. The maximum atomic E-state index is 5.64. The fourth-order valence-corrected chi connectivity index (χ4v) is 3.08. The lowest BCUT2D eigenvalue weighted by atomic mass is 10.2. The van der Waals surface area contributed by atoms with Crippen LogP contribution >= 0.6 is 11.3 Å². The van der Waals surface area contributed by atoms with Gasteiger partial charge in [0, 0.05) is 36.9 Å². The summed E-state index contributed by atoms with van der Waals surface area (Å²) in [6.45, 7) is 5.04. The number of ether oxygens (including phenoxy) is 1. The van der Waals surface area contributed by atoms with Crippen molar-refractivity contribution in [3.8, 4) is 0 Å². The average Bonchev–Trinajstić information content (AvgIpc) is 3.00. The summed E-state index contributed by atoms with van der Waals surface area (Å²) in [7, 11) is 1.87. The number of nitrogens with one attached hydrogen (secondary N) is 1. The molecule has 0 amide bonds. The summed E-state index contributed by atoms with van der Waals surface area (Å²) in [5.74, 6) is 1.66. The molecule has 1 N–H and O–H groups in total. The molecule has 6 nitrogen and oxygen atoms in total. The second kappa shape index (κ2) is 6.46. The zero-order chi connectivity index (χ0) is 14.7. The van der Waals surface area contributed by atoms with Gasteiger partial charge < -0.3 is 10.1 Å². The Labute approximate surface area is 128 Å². The van der Waals surface area contributed by atoms with Crippen molar-refractivity contribution in [2.75, 3.05) is 32.1 Å². The number of morpholine rings is 1. The first-order valence-corrected chi connectivity index (χ1v) is 7.87. The molecule has 0 unspecified atom stereocenters. The topological polar surface area (TPSA) is 63.2 Å². The van der Waals surface area contributed by atoms with Gasteiger partial charge in [0.2, 0.25) is 0 Å². The van der Waals surface area contributed by atoms with Crippen LogP contribution in [0.1, 0.15) is 22.6 Å². The molecule has 1 aliphatic heterocycles. The molecule has 0 bridgehead atoms. The van der Waals surface area contributed by atoms with E-state index in [1.807, 2.05) is 31.6 Å². The molecule has 0 spiro atoms. The van der Waals surface area contributed by atoms with E-state index in [1.165, 1.54) is 0 Å². The molecule has 0 radical (unpaired) electrons. The number of anilines is 1. The van der Waals surface area contributed by atoms with Gasteiger partial charge in [-0.25, -0.2) is 15.0 Å². The SMILES string of the molecule is CNc1cc(C)nc([C@H]2COCCN2Cc2nccs2)n1. The van der Waals surface area contributed by atoms with Crippen LogP contribution in [0.15, 0.2) is 17.6 Å². The van der Waals surface area contributed by atoms with Crippen LogP contribution in [0, 0.1) is 6.92 Å². The van der Waals surface area contributed by atoms with Gasteiger partial charge in [-0.15, -0.1) is 11.3 Å². The Kier molecular flexibility index (Phi) is 4.42. The van der Waals surface area contributed by atoms with Gasteiger partial charge >= 0.3 is 0 Å². The van der Waals surface area contributed by atoms with Crippen LogP contribution in [0.2, 0.25) is 0 Å². The third-order valence-corrected chi connectivity index (χ3v) is 4.25. The Morgan fingerprint density at radius 2 is 2.38 bits per heavy atom. The summed E-state index contributed by atoms with van der Waals surface area (Å²) in [6.07, 6.45) is 1.84. The smallest absolute Gasteiger partial charge is 0.150 e. The molecule has 0 saturated carbocycles. The van der Waals surface area contributed by atoms with Crippen molar-refractivity contribution >= 4 is 17.2 Å². The second-order valence-electron chi connectivity index (χ2n) is 4.99. The van der Waals surface area contributed by atoms with E-state index >= 15 is 0 Å². The third kappa shape index (κ3) is 3.37. The number of aromatic nitrogens is 3. The van der Waals surface area contributed by atoms with Crippen LogP contribution in [0.25, 0.3) is 0 Å². The lowest BCUT2D eigenvalue weighted by molar-refractivity contribution is -0.0159. The molecule has 1 saturated heterocycles. The highest BCUT2D eigenvalue weighted by molar-refractivity contribution is 7.09. The van der Waals surface area contributed by atoms with Crippen LogP contribution in [0.3, 0.4) is 0 Å². The zero-order valence-electron chi connectivity index (χ0n) is 12.2. The molecular weight excluding hydrogens is 286 g/mol. The van der Waals surface area contributed by atoms with Crippen molar-refractivity contribution in [1.82, 2.24) is 19.9 Å². The molecule has 1 atom stereocenters. The fourth-order valence-electron chi connectivity index (χ4n) is 2.44. The Morgan fingerprint density at radius 3 is 3.14 bits per heavy atom. The molecule has 3 heterocycles. The van der Waals surface area contributed by atoms with Crippen LogP contribution in [-0.2, 0) is 11.3 Å². The van der Waals surface area contributed by atoms with E-state index in [0.717, 1.165) is 42.0 Å². The van der Waals surface area contributed by atoms with E-state index in [0.29, 0.717) is 6.61 Å². The number of hydrogen-bond acceptors (Lipinski definition) is 7. The van der Waals surface area contributed by atoms with Gasteiger partial charge in [0.1, 0.15) is 16.6 Å². The van der Waals surface area contributed by atoms with E-state index in [2.05, 4.69) is 25.2 Å². The van der Waals surface area contributed by atoms with Gasteiger partial charge in [0.05, 0.1) is 25.8 Å². The van der Waals surface area contributed by atoms with E-state index in [4.69, 9.17) is 4.74 Å². The first-order chi connectivity index (χ1) is 10.3. The quantitative estimate of drug-likeness (QED) is 0.930. The van der Waals surface area contributed by atoms with Crippen molar-refractivity contribution in [2.24, 2.45) is 0 Å². The normalized spacial score (nSPS) is 19.6. The molecule has 1 aliphatic rings. The van der Waals surface area contributed by atoms with Crippen molar-refractivity contribution in [3.63, 3.8) is 0 Å². The highest BCUT2D eigenvalue weighted by Crippen LogP contribution is 2.25. The monoisotopic (exact) mass is 305 g/mol. The second-order valence-corrected chi connectivity index (χ2v) is 5.97. The van der Waals surface area contributed by atoms with Crippen LogP contribution in [0.4, 0.5) is 5.82 Å². The van der Waals surface area contributed by atoms with Crippen LogP contribution in [0.5, 0.6) is 0 Å². The van der Waals surface area contributed by atoms with Gasteiger partial charge in [-0.3, -0.25) is 4.90 Å². The summed E-state index contributed by atoms with van der Waals surface area (Å²) in [4.78, 5) is 15.9. The summed E-state index contributed by atoms with van der Waals surface area (Å²) in [6, 6.07) is 2.02. The number of aryl methyl sites for hydroxylation is 1. The molecular formula is C14H19N5OS. The van der Waals surface area contributed by atoms with Crippen molar-refractivity contribution in [2.45, 2.75) is 19.5 Å². The van der Waals surface area contributed by atoms with E-state index in [1.54, 1.807) is 11.3 Å². The maximum Gasteiger partial charge on any atom is 0.150 e. The lowest BCUT2D eigenvalue weighted by Gasteiger charge is -2.34. The van der Waals surface area contributed by atoms with E-state index in [-0.39, 0.29) is 6.04 Å². The minimum absolute atomic E-state index is 0.0784. The van der Waals surface area contributed by atoms with Crippen LogP contribution < -0.4 is 5.32 Å². The highest BCUT2D eigenvalue weighted by atomic mass is 32.1. The van der Waals surface area contributed by atoms with Crippen molar-refractivity contribution in [1.29, 1.82) is 0 Å². The van der Waals surface area contributed by atoms with Gasteiger partial charge in [-0.2, -0.15) is 0 Å². The molecule has 1 fully saturated rings. The minimum atomic E-state index is 0.0784. The number of nitrogens with zero attached hydrogens (tertiary/aromatic N) is 4. The summed E-state index contributed by atoms with van der Waals surface area (Å²) < 4.78 is 5.64. The molecule has 7 heteroatoms. The Morgan fingerprint density at radius 1 is 1.48 bits per heavy atom. The van der Waals surface area contributed by atoms with E-state index < -0.39 is 0 Å². The van der Waals surface area contributed by atoms with Gasteiger partial charge in [-0.1, -0.05) is 0 Å². The predicted molar refractivity (Wildman–Crippen MR) is 82.4 cm³/mol. The Bertz CT molecular complexity index is 589. The Hall–Kier alpha value is -1.57. The van der Waals surface area contributed by atoms with Gasteiger partial charge in [0.25, 0.3) is 0 Å². The molecule has 21 heavy (non-hydrogen) atoms. The maximum absolute atomic E-state index is 5.64. The average molecular weight is 305 g/mol. The molecule has 0 aromatic carbocycles. The number of hydrogen-bond donors (Lipinski definition) is 1. The van der Waals surface area contributed by atoms with E-state index in [9.17, 15) is 0 Å². The summed E-state index contributed by atoms with van der Waals surface area (Å²) in [5.41, 5.74) is 0.962. The van der Waals surface area contributed by atoms with Crippen LogP contribution in [-0.4, -0.2) is 46.7 Å². The molecule has 0 aliphatic carbocycles. The molecule has 2 aromatic heterocycles. The third-order valence-electron chi connectivity index (χ3n) is 3.49. The standard InChI is InChI=1S/C14H19N5OS/c1-10-7-12(15-2)18-14(17-10)11-9-20-5-4-19(11)8-13-16-3-6-21-13/h3,6-7,11H,4-5,8-9H2,1-2H3,(H,15,17,18)/t11-/m1/s1. The number of rotatable bonds is 4. The molecule has 112 valence electrons. The minimum Gasteiger partial charge on any atom is -0.378 e. The summed E-state index contributed by atoms with van der Waals surface area (Å²) >= 11 is 1.68. The van der Waals surface area contributed by atoms with Crippen molar-refractivity contribution in [3.05, 3.63) is 34.2 Å². The predicted octanol–water partition coefficient (Wildman–Crippen LogP) is 1.86. The lowest BCUT2D eigenvalue weighted by Crippen LogP contribution is -2.40. The number of thiazole rings is 1. The first kappa shape index (κ1) is 14.4. The molecule has 2 aromatic rings. The van der Waals surface area contributed by atoms with Crippen molar-refractivity contribution < 1.29 is 4.74 Å². The first-order valence-electron chi connectivity index (χ1n) is 7.00. The Balaban J connectivity index is 1.85. The largest absolute Gasteiger partial charge is 0.378 e. The van der Waals surface area contributed by atoms with Gasteiger partial charge in [0.15, 0.2) is 0 Å².